The summed E-state index contributed by atoms with van der Waals surface area (Å²) in [6.45, 7) is 2.17. The molecule has 1 nitrogen and oxygen atoms in total. The van der Waals surface area contributed by atoms with Gasteiger partial charge in [-0.05, 0) is 54.5 Å². The molecule has 0 N–H and O–H groups in total. The SMILES string of the molecule is CCCCCCC1=Cc2ccc(-c3ccc(OC(F)(F)F)c(F)c3)c(F)c2CC1. The highest BCUT2D eigenvalue weighted by Gasteiger charge is 2.32. The number of ether oxygens (including phenoxy) is 1. The summed E-state index contributed by atoms with van der Waals surface area (Å²) in [6, 6.07) is 6.29. The molecule has 6 heteroatoms. The Morgan fingerprint density at radius 2 is 1.76 bits per heavy atom. The van der Waals surface area contributed by atoms with Crippen LogP contribution in [-0.4, -0.2) is 6.36 Å². The Hall–Kier alpha value is -2.37. The molecule has 0 bridgehead atoms. The molecule has 0 spiro atoms. The zero-order valence-electron chi connectivity index (χ0n) is 16.2. The van der Waals surface area contributed by atoms with Gasteiger partial charge in [0.05, 0.1) is 0 Å². The van der Waals surface area contributed by atoms with Crippen molar-refractivity contribution in [3.8, 4) is 16.9 Å². The van der Waals surface area contributed by atoms with E-state index in [4.69, 9.17) is 0 Å². The molecule has 2 aromatic carbocycles. The van der Waals surface area contributed by atoms with Gasteiger partial charge in [-0.2, -0.15) is 0 Å². The average molecular weight is 410 g/mol. The Balaban J connectivity index is 1.81. The molecule has 1 aliphatic carbocycles. The third kappa shape index (κ3) is 5.37. The number of halogens is 5. The van der Waals surface area contributed by atoms with Crippen LogP contribution in [0.2, 0.25) is 0 Å². The maximum atomic E-state index is 15.1. The maximum absolute atomic E-state index is 15.1. The van der Waals surface area contributed by atoms with Crippen molar-refractivity contribution in [2.45, 2.75) is 58.2 Å². The first kappa shape index (κ1) is 21.3. The Morgan fingerprint density at radius 1 is 0.966 bits per heavy atom. The summed E-state index contributed by atoms with van der Waals surface area (Å²) < 4.78 is 69.6. The van der Waals surface area contributed by atoms with Crippen LogP contribution in [0.4, 0.5) is 22.0 Å². The van der Waals surface area contributed by atoms with Gasteiger partial charge in [-0.15, -0.1) is 13.2 Å². The summed E-state index contributed by atoms with van der Waals surface area (Å²) in [5.41, 5.74) is 3.03. The van der Waals surface area contributed by atoms with Crippen LogP contribution < -0.4 is 4.74 Å². The second-order valence-electron chi connectivity index (χ2n) is 7.30. The Labute approximate surface area is 167 Å². The van der Waals surface area contributed by atoms with E-state index in [1.807, 2.05) is 6.08 Å². The van der Waals surface area contributed by atoms with Crippen molar-refractivity contribution in [3.05, 3.63) is 58.7 Å². The number of fused-ring (bicyclic) bond motifs is 1. The van der Waals surface area contributed by atoms with Gasteiger partial charge < -0.3 is 4.74 Å². The molecule has 0 fully saturated rings. The molecule has 0 unspecified atom stereocenters. The van der Waals surface area contributed by atoms with Crippen LogP contribution >= 0.6 is 0 Å². The number of hydrogen-bond acceptors (Lipinski definition) is 1. The van der Waals surface area contributed by atoms with E-state index in [1.165, 1.54) is 30.9 Å². The fraction of sp³-hybridized carbons (Fsp3) is 0.391. The lowest BCUT2D eigenvalue weighted by Gasteiger charge is -2.19. The molecule has 0 radical (unpaired) electrons. The number of allylic oxidation sites excluding steroid dienone is 1. The molecule has 3 rings (SSSR count). The predicted octanol–water partition coefficient (Wildman–Crippen LogP) is 7.83. The van der Waals surface area contributed by atoms with Crippen LogP contribution in [-0.2, 0) is 6.42 Å². The minimum atomic E-state index is -4.99. The normalized spacial score (nSPS) is 13.8. The lowest BCUT2D eigenvalue weighted by atomic mass is 9.87. The van der Waals surface area contributed by atoms with Gasteiger partial charge in [0.1, 0.15) is 5.82 Å². The maximum Gasteiger partial charge on any atom is 0.573 e. The van der Waals surface area contributed by atoms with Crippen LogP contribution in [0.1, 0.15) is 56.6 Å². The van der Waals surface area contributed by atoms with Gasteiger partial charge in [-0.3, -0.25) is 0 Å². The molecule has 0 saturated heterocycles. The summed E-state index contributed by atoms with van der Waals surface area (Å²) in [5.74, 6) is -2.57. The quantitative estimate of drug-likeness (QED) is 0.334. The van der Waals surface area contributed by atoms with Gasteiger partial charge in [-0.1, -0.05) is 56.0 Å². The van der Waals surface area contributed by atoms with Gasteiger partial charge in [0.25, 0.3) is 0 Å². The minimum Gasteiger partial charge on any atom is -0.403 e. The highest BCUT2D eigenvalue weighted by molar-refractivity contribution is 5.71. The van der Waals surface area contributed by atoms with E-state index in [-0.39, 0.29) is 11.1 Å². The van der Waals surface area contributed by atoms with Gasteiger partial charge >= 0.3 is 6.36 Å². The number of rotatable bonds is 7. The molecular weight excluding hydrogens is 387 g/mol. The highest BCUT2D eigenvalue weighted by atomic mass is 19.4. The summed E-state index contributed by atoms with van der Waals surface area (Å²) >= 11 is 0. The number of unbranched alkanes of at least 4 members (excludes halogenated alkanes) is 3. The second-order valence-corrected chi connectivity index (χ2v) is 7.30. The molecule has 0 aliphatic heterocycles. The minimum absolute atomic E-state index is 0.168. The van der Waals surface area contributed by atoms with Crippen molar-refractivity contribution >= 4 is 6.08 Å². The topological polar surface area (TPSA) is 9.23 Å². The molecule has 0 saturated carbocycles. The fourth-order valence-electron chi connectivity index (χ4n) is 3.68. The van der Waals surface area contributed by atoms with E-state index < -0.39 is 23.7 Å². The third-order valence-corrected chi connectivity index (χ3v) is 5.16. The average Bonchev–Trinajstić information content (AvgIpc) is 2.66. The number of benzene rings is 2. The Bertz CT molecular complexity index is 899. The summed E-state index contributed by atoms with van der Waals surface area (Å²) in [5, 5.41) is 0. The van der Waals surface area contributed by atoms with E-state index in [1.54, 1.807) is 12.1 Å². The molecule has 0 aromatic heterocycles. The molecule has 0 atom stereocenters. The third-order valence-electron chi connectivity index (χ3n) is 5.16. The molecule has 0 amide bonds. The zero-order valence-corrected chi connectivity index (χ0v) is 16.2. The van der Waals surface area contributed by atoms with Crippen molar-refractivity contribution in [3.63, 3.8) is 0 Å². The summed E-state index contributed by atoms with van der Waals surface area (Å²) in [6.07, 6.45) is 4.10. The molecule has 1 aliphatic rings. The first-order valence-corrected chi connectivity index (χ1v) is 9.85. The highest BCUT2D eigenvalue weighted by Crippen LogP contribution is 2.35. The van der Waals surface area contributed by atoms with Crippen LogP contribution in [0, 0.1) is 11.6 Å². The van der Waals surface area contributed by atoms with E-state index in [2.05, 4.69) is 11.7 Å². The Kier molecular flexibility index (Phi) is 6.60. The smallest absolute Gasteiger partial charge is 0.403 e. The van der Waals surface area contributed by atoms with Crippen LogP contribution in [0.5, 0.6) is 5.75 Å². The van der Waals surface area contributed by atoms with Crippen LogP contribution in [0.25, 0.3) is 17.2 Å². The van der Waals surface area contributed by atoms with Crippen molar-refractivity contribution < 1.29 is 26.7 Å². The fourth-order valence-corrected chi connectivity index (χ4v) is 3.68. The van der Waals surface area contributed by atoms with Crippen LogP contribution in [0.3, 0.4) is 0 Å². The van der Waals surface area contributed by atoms with Crippen molar-refractivity contribution in [2.24, 2.45) is 0 Å². The molecular formula is C23H23F5O. The standard InChI is InChI=1S/C23H23F5O/c1-2-3-4-5-6-15-7-10-18-16(13-15)8-11-19(22(18)25)17-9-12-21(20(24)14-17)29-23(26,27)28/h8-9,11-14H,2-7,10H2,1H3. The number of alkyl halides is 3. The van der Waals surface area contributed by atoms with E-state index >= 15 is 4.39 Å². The van der Waals surface area contributed by atoms with E-state index in [9.17, 15) is 17.6 Å². The monoisotopic (exact) mass is 410 g/mol. The van der Waals surface area contributed by atoms with Crippen molar-refractivity contribution in [2.75, 3.05) is 0 Å². The zero-order chi connectivity index (χ0) is 21.0. The van der Waals surface area contributed by atoms with Gasteiger partial charge in [-0.25, -0.2) is 8.78 Å². The van der Waals surface area contributed by atoms with E-state index in [0.717, 1.165) is 37.0 Å². The van der Waals surface area contributed by atoms with Gasteiger partial charge in [0.2, 0.25) is 0 Å². The largest absolute Gasteiger partial charge is 0.573 e. The van der Waals surface area contributed by atoms with Crippen LogP contribution in [0.15, 0.2) is 35.9 Å². The molecule has 0 heterocycles. The van der Waals surface area contributed by atoms with E-state index in [0.29, 0.717) is 12.0 Å². The van der Waals surface area contributed by atoms with Gasteiger partial charge in [0, 0.05) is 5.56 Å². The Morgan fingerprint density at radius 3 is 2.45 bits per heavy atom. The van der Waals surface area contributed by atoms with Crippen molar-refractivity contribution in [1.29, 1.82) is 0 Å². The lowest BCUT2D eigenvalue weighted by molar-refractivity contribution is -0.275. The van der Waals surface area contributed by atoms with Crippen molar-refractivity contribution in [1.82, 2.24) is 0 Å². The number of hydrogen-bond donors (Lipinski definition) is 0. The van der Waals surface area contributed by atoms with Gasteiger partial charge in [0.15, 0.2) is 11.6 Å². The first-order chi connectivity index (χ1) is 13.8. The second kappa shape index (κ2) is 8.97. The summed E-state index contributed by atoms with van der Waals surface area (Å²) in [7, 11) is 0. The summed E-state index contributed by atoms with van der Waals surface area (Å²) in [4.78, 5) is 0. The molecule has 2 aromatic rings. The first-order valence-electron chi connectivity index (χ1n) is 9.85. The molecule has 156 valence electrons. The molecule has 29 heavy (non-hydrogen) atoms. The predicted molar refractivity (Wildman–Crippen MR) is 104 cm³/mol. The lowest BCUT2D eigenvalue weighted by Crippen LogP contribution is -2.17.